The van der Waals surface area contributed by atoms with E-state index in [1.54, 1.807) is 12.1 Å². The molecule has 5 heteroatoms. The molecule has 2 aromatic carbocycles. The van der Waals surface area contributed by atoms with Crippen LogP contribution in [0.25, 0.3) is 0 Å². The Bertz CT molecular complexity index is 740. The van der Waals surface area contributed by atoms with E-state index in [1.165, 1.54) is 0 Å². The average Bonchev–Trinajstić information content (AvgIpc) is 2.72. The highest BCUT2D eigenvalue weighted by atomic mass is 16.5. The molecule has 0 spiro atoms. The maximum atomic E-state index is 10.3. The van der Waals surface area contributed by atoms with E-state index in [2.05, 4.69) is 16.7 Å². The number of aliphatic hydroxyl groups is 2. The summed E-state index contributed by atoms with van der Waals surface area (Å²) in [5.74, 6) is 6.52. The van der Waals surface area contributed by atoms with E-state index in [4.69, 9.17) is 14.6 Å². The number of aliphatic hydroxyl groups excluding tert-OH is 2. The molecule has 1 atom stereocenters. The highest BCUT2D eigenvalue weighted by molar-refractivity contribution is 5.49. The van der Waals surface area contributed by atoms with Gasteiger partial charge in [0.2, 0.25) is 0 Å². The fraction of sp³-hybridized carbons (Fsp3) is 0.333. The Morgan fingerprint density at radius 3 is 2.38 bits per heavy atom. The summed E-state index contributed by atoms with van der Waals surface area (Å²) < 4.78 is 10.7. The SMILES string of the molecule is OCCOc1ccc(C#CC(O)c2ccc(N3CCOCC3)cc2)cc1. The van der Waals surface area contributed by atoms with Crippen LogP contribution < -0.4 is 9.64 Å². The first-order valence-corrected chi connectivity index (χ1v) is 8.72. The third-order valence-corrected chi connectivity index (χ3v) is 4.15. The fourth-order valence-electron chi connectivity index (χ4n) is 2.72. The van der Waals surface area contributed by atoms with Gasteiger partial charge in [0.1, 0.15) is 18.5 Å². The van der Waals surface area contributed by atoms with Gasteiger partial charge in [0.15, 0.2) is 0 Å². The maximum Gasteiger partial charge on any atom is 0.140 e. The Hall–Kier alpha value is -2.52. The van der Waals surface area contributed by atoms with Crippen LogP contribution in [-0.4, -0.2) is 49.7 Å². The molecule has 3 rings (SSSR count). The lowest BCUT2D eigenvalue weighted by Crippen LogP contribution is -2.36. The molecule has 1 fully saturated rings. The largest absolute Gasteiger partial charge is 0.491 e. The van der Waals surface area contributed by atoms with E-state index in [-0.39, 0.29) is 13.2 Å². The molecule has 1 aliphatic rings. The van der Waals surface area contributed by atoms with Crippen molar-refractivity contribution in [2.24, 2.45) is 0 Å². The van der Waals surface area contributed by atoms with Crippen molar-refractivity contribution in [2.45, 2.75) is 6.10 Å². The van der Waals surface area contributed by atoms with Crippen LogP contribution in [0.5, 0.6) is 5.75 Å². The lowest BCUT2D eigenvalue weighted by Gasteiger charge is -2.29. The first-order valence-electron chi connectivity index (χ1n) is 8.72. The summed E-state index contributed by atoms with van der Waals surface area (Å²) in [6.45, 7) is 3.53. The molecule has 0 aromatic heterocycles. The molecular weight excluding hydrogens is 330 g/mol. The first-order chi connectivity index (χ1) is 12.8. The van der Waals surface area contributed by atoms with Crippen molar-refractivity contribution in [1.82, 2.24) is 0 Å². The second kappa shape index (κ2) is 9.25. The Morgan fingerprint density at radius 1 is 1.04 bits per heavy atom. The van der Waals surface area contributed by atoms with Crippen LogP contribution in [0.3, 0.4) is 0 Å². The van der Waals surface area contributed by atoms with Crippen LogP contribution in [0.15, 0.2) is 48.5 Å². The number of benzene rings is 2. The molecule has 0 saturated carbocycles. The van der Waals surface area contributed by atoms with E-state index in [0.29, 0.717) is 5.75 Å². The Kier molecular flexibility index (Phi) is 6.50. The van der Waals surface area contributed by atoms with Crippen molar-refractivity contribution in [3.8, 4) is 17.6 Å². The van der Waals surface area contributed by atoms with Gasteiger partial charge in [-0.3, -0.25) is 0 Å². The van der Waals surface area contributed by atoms with E-state index >= 15 is 0 Å². The van der Waals surface area contributed by atoms with Gasteiger partial charge in [-0.15, -0.1) is 0 Å². The minimum absolute atomic E-state index is 0.0158. The van der Waals surface area contributed by atoms with Crippen LogP contribution in [0.4, 0.5) is 5.69 Å². The molecule has 2 aromatic rings. The molecule has 5 nitrogen and oxygen atoms in total. The smallest absolute Gasteiger partial charge is 0.140 e. The molecule has 26 heavy (non-hydrogen) atoms. The average molecular weight is 353 g/mol. The van der Waals surface area contributed by atoms with Gasteiger partial charge in [0.25, 0.3) is 0 Å². The van der Waals surface area contributed by atoms with Gasteiger partial charge >= 0.3 is 0 Å². The zero-order valence-electron chi connectivity index (χ0n) is 14.6. The van der Waals surface area contributed by atoms with Gasteiger partial charge in [-0.1, -0.05) is 24.0 Å². The predicted octanol–water partition coefficient (Wildman–Crippen LogP) is 1.98. The molecule has 0 aliphatic carbocycles. The van der Waals surface area contributed by atoms with Crippen molar-refractivity contribution in [2.75, 3.05) is 44.4 Å². The van der Waals surface area contributed by atoms with Crippen LogP contribution in [0, 0.1) is 11.8 Å². The molecule has 0 amide bonds. The molecule has 1 unspecified atom stereocenters. The third-order valence-electron chi connectivity index (χ3n) is 4.15. The summed E-state index contributed by atoms with van der Waals surface area (Å²) in [6, 6.07) is 15.1. The van der Waals surface area contributed by atoms with Crippen LogP contribution in [0.2, 0.25) is 0 Å². The predicted molar refractivity (Wildman–Crippen MR) is 100 cm³/mol. The standard InChI is InChI=1S/C21H23NO4/c23-13-16-26-20-8-1-17(2-9-20)3-10-21(24)18-4-6-19(7-5-18)22-11-14-25-15-12-22/h1-2,4-9,21,23-24H,11-16H2. The normalized spacial score (nSPS) is 15.1. The summed E-state index contributed by atoms with van der Waals surface area (Å²) in [5, 5.41) is 19.0. The minimum Gasteiger partial charge on any atom is -0.491 e. The van der Waals surface area contributed by atoms with Crippen molar-refractivity contribution in [3.05, 3.63) is 59.7 Å². The number of ether oxygens (including phenoxy) is 2. The Labute approximate surface area is 153 Å². The molecule has 2 N–H and O–H groups in total. The van der Waals surface area contributed by atoms with Gasteiger partial charge in [0.05, 0.1) is 19.8 Å². The number of hydrogen-bond acceptors (Lipinski definition) is 5. The summed E-state index contributed by atoms with van der Waals surface area (Å²) in [5.41, 5.74) is 2.71. The molecule has 136 valence electrons. The maximum absolute atomic E-state index is 10.3. The van der Waals surface area contributed by atoms with E-state index in [1.807, 2.05) is 36.4 Å². The first kappa shape index (κ1) is 18.3. The van der Waals surface area contributed by atoms with Crippen molar-refractivity contribution in [3.63, 3.8) is 0 Å². The summed E-state index contributed by atoms with van der Waals surface area (Å²) in [6.07, 6.45) is -0.834. The quantitative estimate of drug-likeness (QED) is 0.805. The summed E-state index contributed by atoms with van der Waals surface area (Å²) in [4.78, 5) is 2.27. The summed E-state index contributed by atoms with van der Waals surface area (Å²) >= 11 is 0. The molecular formula is C21H23NO4. The van der Waals surface area contributed by atoms with Crippen molar-refractivity contribution >= 4 is 5.69 Å². The molecule has 0 bridgehead atoms. The van der Waals surface area contributed by atoms with Gasteiger partial charge in [-0.05, 0) is 42.0 Å². The van der Waals surface area contributed by atoms with E-state index in [0.717, 1.165) is 43.1 Å². The summed E-state index contributed by atoms with van der Waals surface area (Å²) in [7, 11) is 0. The lowest BCUT2D eigenvalue weighted by atomic mass is 10.1. The number of anilines is 1. The second-order valence-corrected chi connectivity index (χ2v) is 5.96. The third kappa shape index (κ3) is 4.99. The van der Waals surface area contributed by atoms with E-state index < -0.39 is 6.10 Å². The van der Waals surface area contributed by atoms with Gasteiger partial charge in [-0.2, -0.15) is 0 Å². The molecule has 0 radical (unpaired) electrons. The number of morpholine rings is 1. The molecule has 1 aliphatic heterocycles. The number of nitrogens with zero attached hydrogens (tertiary/aromatic N) is 1. The topological polar surface area (TPSA) is 62.2 Å². The van der Waals surface area contributed by atoms with Crippen molar-refractivity contribution in [1.29, 1.82) is 0 Å². The monoisotopic (exact) mass is 353 g/mol. The van der Waals surface area contributed by atoms with Crippen LogP contribution >= 0.6 is 0 Å². The second-order valence-electron chi connectivity index (χ2n) is 5.96. The highest BCUT2D eigenvalue weighted by Crippen LogP contribution is 2.20. The van der Waals surface area contributed by atoms with Crippen molar-refractivity contribution < 1.29 is 19.7 Å². The fourth-order valence-corrected chi connectivity index (χ4v) is 2.72. The van der Waals surface area contributed by atoms with Crippen LogP contribution in [-0.2, 0) is 4.74 Å². The molecule has 1 saturated heterocycles. The number of rotatable bonds is 5. The Balaban J connectivity index is 1.61. The zero-order valence-corrected chi connectivity index (χ0v) is 14.6. The van der Waals surface area contributed by atoms with Crippen LogP contribution in [0.1, 0.15) is 17.2 Å². The molecule has 1 heterocycles. The Morgan fingerprint density at radius 2 is 1.73 bits per heavy atom. The zero-order chi connectivity index (χ0) is 18.2. The lowest BCUT2D eigenvalue weighted by molar-refractivity contribution is 0.122. The van der Waals surface area contributed by atoms with E-state index in [9.17, 15) is 5.11 Å². The van der Waals surface area contributed by atoms with Gasteiger partial charge < -0.3 is 24.6 Å². The van der Waals surface area contributed by atoms with Gasteiger partial charge in [-0.25, -0.2) is 0 Å². The minimum atomic E-state index is -0.834. The highest BCUT2D eigenvalue weighted by Gasteiger charge is 2.11. The van der Waals surface area contributed by atoms with Gasteiger partial charge in [0, 0.05) is 24.3 Å². The number of hydrogen-bond donors (Lipinski definition) is 2.